The van der Waals surface area contributed by atoms with Crippen LogP contribution >= 0.6 is 0 Å². The minimum Gasteiger partial charge on any atom is -0.490 e. The molecule has 8 heteroatoms. The molecule has 1 fully saturated rings. The SMILES string of the molecule is CC(C)(C)c1cccc(Nc2nc(Nc3ccc(OC4CCCCC4)cc3)ncc2C(F)(F)F)c1. The molecule has 35 heavy (non-hydrogen) atoms. The fourth-order valence-corrected chi connectivity index (χ4v) is 4.07. The summed E-state index contributed by atoms with van der Waals surface area (Å²) in [7, 11) is 0. The number of aromatic nitrogens is 2. The van der Waals surface area contributed by atoms with Crippen molar-refractivity contribution in [2.45, 2.75) is 70.6 Å². The highest BCUT2D eigenvalue weighted by Crippen LogP contribution is 2.36. The lowest BCUT2D eigenvalue weighted by atomic mass is 9.87. The fraction of sp³-hybridized carbons (Fsp3) is 0.407. The second-order valence-electron chi connectivity index (χ2n) is 9.94. The Balaban J connectivity index is 1.53. The molecule has 1 aliphatic carbocycles. The van der Waals surface area contributed by atoms with Gasteiger partial charge in [-0.25, -0.2) is 4.98 Å². The van der Waals surface area contributed by atoms with E-state index in [9.17, 15) is 13.2 Å². The zero-order valence-corrected chi connectivity index (χ0v) is 20.2. The van der Waals surface area contributed by atoms with Crippen LogP contribution < -0.4 is 15.4 Å². The first-order valence-electron chi connectivity index (χ1n) is 11.9. The van der Waals surface area contributed by atoms with E-state index in [4.69, 9.17) is 4.74 Å². The zero-order chi connectivity index (χ0) is 25.1. The third-order valence-electron chi connectivity index (χ3n) is 6.05. The van der Waals surface area contributed by atoms with E-state index < -0.39 is 11.7 Å². The lowest BCUT2D eigenvalue weighted by molar-refractivity contribution is -0.137. The predicted octanol–water partition coefficient (Wildman–Crippen LogP) is 7.99. The molecule has 0 unspecified atom stereocenters. The molecule has 5 nitrogen and oxygen atoms in total. The minimum atomic E-state index is -4.60. The molecular formula is C27H31F3N4O. The highest BCUT2D eigenvalue weighted by Gasteiger charge is 2.35. The van der Waals surface area contributed by atoms with Crippen molar-refractivity contribution in [1.29, 1.82) is 0 Å². The Kier molecular flexibility index (Phi) is 7.19. The maximum absolute atomic E-state index is 13.7. The van der Waals surface area contributed by atoms with Gasteiger partial charge in [-0.15, -0.1) is 0 Å². The Morgan fingerprint density at radius 2 is 1.60 bits per heavy atom. The van der Waals surface area contributed by atoms with Gasteiger partial charge in [0.15, 0.2) is 0 Å². The van der Waals surface area contributed by atoms with Crippen LogP contribution in [0.5, 0.6) is 5.75 Å². The van der Waals surface area contributed by atoms with E-state index in [1.54, 1.807) is 18.2 Å². The number of hydrogen-bond donors (Lipinski definition) is 2. The maximum atomic E-state index is 13.7. The van der Waals surface area contributed by atoms with Crippen LogP contribution in [0.25, 0.3) is 0 Å². The van der Waals surface area contributed by atoms with Gasteiger partial charge in [0.2, 0.25) is 5.95 Å². The normalized spacial score (nSPS) is 15.0. The highest BCUT2D eigenvalue weighted by atomic mass is 19.4. The Hall–Kier alpha value is -3.29. The second-order valence-corrected chi connectivity index (χ2v) is 9.94. The quantitative estimate of drug-likeness (QED) is 0.371. The van der Waals surface area contributed by atoms with Crippen LogP contribution in [0.15, 0.2) is 54.7 Å². The first kappa shape index (κ1) is 24.8. The van der Waals surface area contributed by atoms with E-state index in [1.165, 1.54) is 19.3 Å². The predicted molar refractivity (Wildman–Crippen MR) is 133 cm³/mol. The number of alkyl halides is 3. The lowest BCUT2D eigenvalue weighted by Gasteiger charge is -2.23. The van der Waals surface area contributed by atoms with Crippen molar-refractivity contribution in [2.24, 2.45) is 0 Å². The molecule has 1 aromatic heterocycles. The summed E-state index contributed by atoms with van der Waals surface area (Å²) in [5.41, 5.74) is 1.10. The number of hydrogen-bond acceptors (Lipinski definition) is 5. The molecule has 186 valence electrons. The summed E-state index contributed by atoms with van der Waals surface area (Å²) in [4.78, 5) is 8.06. The van der Waals surface area contributed by atoms with Crippen LogP contribution in [0.4, 0.5) is 36.3 Å². The largest absolute Gasteiger partial charge is 0.490 e. The van der Waals surface area contributed by atoms with Crippen molar-refractivity contribution in [2.75, 3.05) is 10.6 Å². The maximum Gasteiger partial charge on any atom is 0.421 e. The Bertz CT molecular complexity index is 1130. The number of benzene rings is 2. The Morgan fingerprint density at radius 3 is 2.26 bits per heavy atom. The summed E-state index contributed by atoms with van der Waals surface area (Å²) >= 11 is 0. The molecule has 1 heterocycles. The molecule has 0 amide bonds. The van der Waals surface area contributed by atoms with Gasteiger partial charge in [0.25, 0.3) is 0 Å². The molecule has 1 aliphatic rings. The molecule has 0 atom stereocenters. The van der Waals surface area contributed by atoms with Crippen LogP contribution in [0.2, 0.25) is 0 Å². The molecule has 3 aromatic rings. The molecule has 0 spiro atoms. The molecule has 1 saturated carbocycles. The highest BCUT2D eigenvalue weighted by molar-refractivity contribution is 5.64. The molecule has 4 rings (SSSR count). The van der Waals surface area contributed by atoms with Gasteiger partial charge in [0.1, 0.15) is 17.1 Å². The topological polar surface area (TPSA) is 59.1 Å². The van der Waals surface area contributed by atoms with E-state index in [1.807, 2.05) is 51.1 Å². The molecule has 2 N–H and O–H groups in total. The van der Waals surface area contributed by atoms with E-state index >= 15 is 0 Å². The van der Waals surface area contributed by atoms with Gasteiger partial charge in [-0.3, -0.25) is 0 Å². The van der Waals surface area contributed by atoms with Gasteiger partial charge < -0.3 is 15.4 Å². The van der Waals surface area contributed by atoms with Crippen LogP contribution in [0, 0.1) is 0 Å². The monoisotopic (exact) mass is 484 g/mol. The van der Waals surface area contributed by atoms with Gasteiger partial charge in [0, 0.05) is 17.6 Å². The second kappa shape index (κ2) is 10.1. The zero-order valence-electron chi connectivity index (χ0n) is 20.2. The van der Waals surface area contributed by atoms with Crippen LogP contribution in [-0.4, -0.2) is 16.1 Å². The summed E-state index contributed by atoms with van der Waals surface area (Å²) in [5.74, 6) is 0.531. The Labute approximate surface area is 204 Å². The number of nitrogens with one attached hydrogen (secondary N) is 2. The molecule has 0 aliphatic heterocycles. The molecule has 2 aromatic carbocycles. The lowest BCUT2D eigenvalue weighted by Crippen LogP contribution is -2.19. The summed E-state index contributed by atoms with van der Waals surface area (Å²) < 4.78 is 47.0. The summed E-state index contributed by atoms with van der Waals surface area (Å²) in [5, 5.41) is 5.83. The number of nitrogens with zero attached hydrogens (tertiary/aromatic N) is 2. The standard InChI is InChI=1S/C27H31F3N4O/c1-26(2,3)18-8-7-9-20(16-18)32-24-23(27(28,29)30)17-31-25(34-24)33-19-12-14-22(15-13-19)35-21-10-5-4-6-11-21/h7-9,12-17,21H,4-6,10-11H2,1-3H3,(H2,31,32,33,34). The number of halogens is 3. The van der Waals surface area contributed by atoms with Gasteiger partial charge in [-0.2, -0.15) is 18.2 Å². The van der Waals surface area contributed by atoms with E-state index in [-0.39, 0.29) is 23.3 Å². The van der Waals surface area contributed by atoms with Crippen molar-refractivity contribution < 1.29 is 17.9 Å². The van der Waals surface area contributed by atoms with E-state index in [2.05, 4.69) is 20.6 Å². The van der Waals surface area contributed by atoms with Crippen LogP contribution in [-0.2, 0) is 11.6 Å². The fourth-order valence-electron chi connectivity index (χ4n) is 4.07. The van der Waals surface area contributed by atoms with E-state index in [0.29, 0.717) is 11.4 Å². The molecule has 0 bridgehead atoms. The third-order valence-corrected chi connectivity index (χ3v) is 6.05. The van der Waals surface area contributed by atoms with Gasteiger partial charge in [-0.05, 0) is 73.1 Å². The third kappa shape index (κ3) is 6.65. The number of rotatable bonds is 6. The first-order valence-corrected chi connectivity index (χ1v) is 11.9. The van der Waals surface area contributed by atoms with Crippen molar-refractivity contribution in [1.82, 2.24) is 9.97 Å². The number of anilines is 4. The Morgan fingerprint density at radius 1 is 0.886 bits per heavy atom. The van der Waals surface area contributed by atoms with Crippen molar-refractivity contribution in [3.8, 4) is 5.75 Å². The van der Waals surface area contributed by atoms with Gasteiger partial charge in [-0.1, -0.05) is 39.3 Å². The number of ether oxygens (including phenoxy) is 1. The molecule has 0 saturated heterocycles. The van der Waals surface area contributed by atoms with Gasteiger partial charge in [0.05, 0.1) is 6.10 Å². The average Bonchev–Trinajstić information content (AvgIpc) is 2.80. The smallest absolute Gasteiger partial charge is 0.421 e. The summed E-state index contributed by atoms with van der Waals surface area (Å²) in [6.07, 6.45) is 2.20. The molecular weight excluding hydrogens is 453 g/mol. The van der Waals surface area contributed by atoms with Crippen molar-refractivity contribution in [3.05, 3.63) is 65.9 Å². The summed E-state index contributed by atoms with van der Waals surface area (Å²) in [6, 6.07) is 14.6. The molecule has 0 radical (unpaired) electrons. The first-order chi connectivity index (χ1) is 16.6. The summed E-state index contributed by atoms with van der Waals surface area (Å²) in [6.45, 7) is 6.14. The van der Waals surface area contributed by atoms with E-state index in [0.717, 1.165) is 30.4 Å². The minimum absolute atomic E-state index is 0.0634. The van der Waals surface area contributed by atoms with Crippen LogP contribution in [0.1, 0.15) is 64.0 Å². The average molecular weight is 485 g/mol. The van der Waals surface area contributed by atoms with Crippen molar-refractivity contribution >= 4 is 23.1 Å². The van der Waals surface area contributed by atoms with Crippen molar-refractivity contribution in [3.63, 3.8) is 0 Å². The van der Waals surface area contributed by atoms with Crippen LogP contribution in [0.3, 0.4) is 0 Å². The van der Waals surface area contributed by atoms with Gasteiger partial charge >= 0.3 is 6.18 Å².